The van der Waals surface area contributed by atoms with Crippen LogP contribution in [0.25, 0.3) is 10.2 Å². The largest absolute Gasteiger partial charge is 0.486 e. The highest BCUT2D eigenvalue weighted by Gasteiger charge is 2.17. The van der Waals surface area contributed by atoms with Gasteiger partial charge >= 0.3 is 0 Å². The number of benzene rings is 2. The van der Waals surface area contributed by atoms with E-state index in [1.165, 1.54) is 11.3 Å². The molecule has 3 aromatic rings. The van der Waals surface area contributed by atoms with Crippen LogP contribution in [0, 0.1) is 0 Å². The third kappa shape index (κ3) is 3.59. The number of carbonyl (C=O) groups excluding carboxylic acids is 1. The molecular formula is C21H20N2O3S2. The molecule has 0 fully saturated rings. The molecule has 0 bridgehead atoms. The van der Waals surface area contributed by atoms with Gasteiger partial charge in [0.1, 0.15) is 13.2 Å². The van der Waals surface area contributed by atoms with Crippen LogP contribution in [0.4, 0.5) is 0 Å². The van der Waals surface area contributed by atoms with Crippen LogP contribution in [0.5, 0.6) is 11.5 Å². The molecule has 0 unspecified atom stereocenters. The van der Waals surface area contributed by atoms with Gasteiger partial charge in [-0.05, 0) is 17.9 Å². The highest BCUT2D eigenvalue weighted by molar-refractivity contribution is 7.99. The van der Waals surface area contributed by atoms with Gasteiger partial charge in [0.15, 0.2) is 16.3 Å². The Hall–Kier alpha value is -2.51. The average molecular weight is 413 g/mol. The molecule has 4 rings (SSSR count). The molecule has 144 valence electrons. The van der Waals surface area contributed by atoms with Crippen molar-refractivity contribution in [3.05, 3.63) is 59.4 Å². The Balaban J connectivity index is 1.84. The summed E-state index contributed by atoms with van der Waals surface area (Å²) in [5.41, 5.74) is 1.58. The van der Waals surface area contributed by atoms with Gasteiger partial charge in [0, 0.05) is 23.6 Å². The standard InChI is InChI=1S/C21H20N2O3S2/c1-3-9-23-15-12-16-17(26-11-10-25-16)13-19(15)28-21(23)22-20(24)14-7-5-6-8-18(14)27-4-2/h3,5-8,12-13H,1,4,9-11H2,2H3. The van der Waals surface area contributed by atoms with Crippen molar-refractivity contribution in [1.29, 1.82) is 0 Å². The molecule has 2 aromatic carbocycles. The monoisotopic (exact) mass is 412 g/mol. The minimum absolute atomic E-state index is 0.238. The fourth-order valence-electron chi connectivity index (χ4n) is 3.07. The molecule has 0 saturated carbocycles. The zero-order valence-corrected chi connectivity index (χ0v) is 17.1. The van der Waals surface area contributed by atoms with Crippen LogP contribution in [0.1, 0.15) is 17.3 Å². The number of rotatable bonds is 5. The summed E-state index contributed by atoms with van der Waals surface area (Å²) in [7, 11) is 0. The van der Waals surface area contributed by atoms with Gasteiger partial charge in [-0.25, -0.2) is 0 Å². The number of allylic oxidation sites excluding steroid dienone is 1. The first-order chi connectivity index (χ1) is 13.7. The van der Waals surface area contributed by atoms with Gasteiger partial charge in [-0.3, -0.25) is 4.79 Å². The van der Waals surface area contributed by atoms with Gasteiger partial charge in [-0.1, -0.05) is 36.5 Å². The van der Waals surface area contributed by atoms with E-state index in [1.807, 2.05) is 41.0 Å². The normalized spacial score (nSPS) is 13.7. The van der Waals surface area contributed by atoms with Gasteiger partial charge in [0.2, 0.25) is 0 Å². The maximum Gasteiger partial charge on any atom is 0.280 e. The third-order valence-electron chi connectivity index (χ3n) is 4.27. The molecule has 1 amide bonds. The van der Waals surface area contributed by atoms with Crippen molar-refractivity contribution in [2.24, 2.45) is 4.99 Å². The van der Waals surface area contributed by atoms with Crippen molar-refractivity contribution in [2.75, 3.05) is 19.0 Å². The molecule has 1 aromatic heterocycles. The number of hydrogen-bond donors (Lipinski definition) is 0. The van der Waals surface area contributed by atoms with E-state index in [0.717, 1.165) is 32.4 Å². The van der Waals surface area contributed by atoms with Crippen molar-refractivity contribution < 1.29 is 14.3 Å². The second-order valence-corrected chi connectivity index (χ2v) is 8.41. The lowest BCUT2D eigenvalue weighted by molar-refractivity contribution is 0.0995. The van der Waals surface area contributed by atoms with E-state index in [4.69, 9.17) is 9.47 Å². The van der Waals surface area contributed by atoms with E-state index in [-0.39, 0.29) is 5.91 Å². The van der Waals surface area contributed by atoms with E-state index >= 15 is 0 Å². The van der Waals surface area contributed by atoms with Crippen molar-refractivity contribution in [1.82, 2.24) is 4.57 Å². The number of nitrogens with zero attached hydrogens (tertiary/aromatic N) is 2. The highest BCUT2D eigenvalue weighted by atomic mass is 32.2. The van der Waals surface area contributed by atoms with Crippen molar-refractivity contribution >= 4 is 39.2 Å². The van der Waals surface area contributed by atoms with E-state index in [0.29, 0.717) is 30.1 Å². The Kier molecular flexibility index (Phi) is 5.54. The molecule has 1 aliphatic rings. The third-order valence-corrected chi connectivity index (χ3v) is 6.27. The average Bonchev–Trinajstić information content (AvgIpc) is 3.03. The van der Waals surface area contributed by atoms with Gasteiger partial charge in [0.05, 0.1) is 15.8 Å². The summed E-state index contributed by atoms with van der Waals surface area (Å²) in [6.45, 7) is 7.54. The van der Waals surface area contributed by atoms with Crippen LogP contribution >= 0.6 is 23.1 Å². The van der Waals surface area contributed by atoms with Crippen molar-refractivity contribution in [3.63, 3.8) is 0 Å². The number of hydrogen-bond acceptors (Lipinski definition) is 5. The Morgan fingerprint density at radius 1 is 1.29 bits per heavy atom. The van der Waals surface area contributed by atoms with E-state index in [9.17, 15) is 4.79 Å². The Bertz CT molecular complexity index is 1110. The molecule has 1 aliphatic heterocycles. The topological polar surface area (TPSA) is 52.8 Å². The number of amides is 1. The lowest BCUT2D eigenvalue weighted by atomic mass is 10.2. The minimum Gasteiger partial charge on any atom is -0.486 e. The summed E-state index contributed by atoms with van der Waals surface area (Å²) < 4.78 is 14.4. The summed E-state index contributed by atoms with van der Waals surface area (Å²) >= 11 is 3.11. The maximum atomic E-state index is 12.9. The quantitative estimate of drug-likeness (QED) is 0.457. The second-order valence-electron chi connectivity index (χ2n) is 6.09. The van der Waals surface area contributed by atoms with Crippen molar-refractivity contribution in [2.45, 2.75) is 18.4 Å². The van der Waals surface area contributed by atoms with E-state index in [2.05, 4.69) is 18.5 Å². The molecule has 28 heavy (non-hydrogen) atoms. The van der Waals surface area contributed by atoms with Gasteiger partial charge in [-0.15, -0.1) is 18.3 Å². The summed E-state index contributed by atoms with van der Waals surface area (Å²) in [6.07, 6.45) is 1.80. The lowest BCUT2D eigenvalue weighted by Crippen LogP contribution is -2.17. The van der Waals surface area contributed by atoms with Crippen LogP contribution < -0.4 is 14.3 Å². The molecule has 0 saturated heterocycles. The van der Waals surface area contributed by atoms with Gasteiger partial charge in [-0.2, -0.15) is 4.99 Å². The number of ether oxygens (including phenoxy) is 2. The Morgan fingerprint density at radius 3 is 2.79 bits per heavy atom. The van der Waals surface area contributed by atoms with Gasteiger partial charge in [0.25, 0.3) is 5.91 Å². The number of aromatic nitrogens is 1. The SMILES string of the molecule is C=CCn1c(=NC(=O)c2ccccc2SCC)sc2cc3c(cc21)OCCO3. The lowest BCUT2D eigenvalue weighted by Gasteiger charge is -2.18. The molecule has 5 nitrogen and oxygen atoms in total. The molecule has 0 spiro atoms. The maximum absolute atomic E-state index is 12.9. The zero-order chi connectivity index (χ0) is 19.5. The fraction of sp³-hybridized carbons (Fsp3) is 0.238. The number of thioether (sulfide) groups is 1. The Morgan fingerprint density at radius 2 is 2.04 bits per heavy atom. The van der Waals surface area contributed by atoms with Crippen LogP contribution in [0.2, 0.25) is 0 Å². The first kappa shape index (κ1) is 18.8. The van der Waals surface area contributed by atoms with E-state index in [1.54, 1.807) is 17.8 Å². The highest BCUT2D eigenvalue weighted by Crippen LogP contribution is 2.35. The summed E-state index contributed by atoms with van der Waals surface area (Å²) in [6, 6.07) is 11.5. The number of fused-ring (bicyclic) bond motifs is 2. The molecule has 0 aliphatic carbocycles. The summed E-state index contributed by atoms with van der Waals surface area (Å²) in [5.74, 6) is 2.11. The van der Waals surface area contributed by atoms with Crippen LogP contribution in [-0.2, 0) is 6.54 Å². The van der Waals surface area contributed by atoms with Crippen LogP contribution in [-0.4, -0.2) is 29.4 Å². The predicted molar refractivity (Wildman–Crippen MR) is 114 cm³/mol. The predicted octanol–water partition coefficient (Wildman–Crippen LogP) is 4.51. The summed E-state index contributed by atoms with van der Waals surface area (Å²) in [5, 5.41) is 0. The first-order valence-corrected chi connectivity index (χ1v) is 10.9. The summed E-state index contributed by atoms with van der Waals surface area (Å²) in [4.78, 5) is 19.0. The molecule has 7 heteroatoms. The number of thiazole rings is 1. The minimum atomic E-state index is -0.238. The second kappa shape index (κ2) is 8.24. The molecular weight excluding hydrogens is 392 g/mol. The Labute approximate surface area is 171 Å². The molecule has 2 heterocycles. The van der Waals surface area contributed by atoms with E-state index < -0.39 is 0 Å². The van der Waals surface area contributed by atoms with Crippen LogP contribution in [0.3, 0.4) is 0 Å². The molecule has 0 radical (unpaired) electrons. The van der Waals surface area contributed by atoms with Gasteiger partial charge < -0.3 is 14.0 Å². The first-order valence-electron chi connectivity index (χ1n) is 9.06. The fourth-order valence-corrected chi connectivity index (χ4v) is 4.91. The van der Waals surface area contributed by atoms with Crippen molar-refractivity contribution in [3.8, 4) is 11.5 Å². The molecule has 0 N–H and O–H groups in total. The zero-order valence-electron chi connectivity index (χ0n) is 15.5. The van der Waals surface area contributed by atoms with Crippen LogP contribution in [0.15, 0.2) is 58.9 Å². The number of carbonyl (C=O) groups is 1. The molecule has 0 atom stereocenters. The smallest absolute Gasteiger partial charge is 0.280 e.